The fourth-order valence-corrected chi connectivity index (χ4v) is 2.48. The van der Waals surface area contributed by atoms with Gasteiger partial charge in [0.2, 0.25) is 5.89 Å². The van der Waals surface area contributed by atoms with Gasteiger partial charge in [-0.2, -0.15) is 4.98 Å². The number of hydrogen-bond donors (Lipinski definition) is 1. The van der Waals surface area contributed by atoms with Crippen molar-refractivity contribution in [2.45, 2.75) is 51.5 Å². The second kappa shape index (κ2) is 3.93. The van der Waals surface area contributed by atoms with Gasteiger partial charge in [0.05, 0.1) is 5.54 Å². The summed E-state index contributed by atoms with van der Waals surface area (Å²) in [7, 11) is 0. The van der Waals surface area contributed by atoms with Crippen molar-refractivity contribution >= 4 is 0 Å². The lowest BCUT2D eigenvalue weighted by atomic mass is 9.75. The molecule has 2 N–H and O–H groups in total. The molecule has 0 bridgehead atoms. The molecule has 1 aromatic heterocycles. The van der Waals surface area contributed by atoms with Gasteiger partial charge in [0, 0.05) is 6.92 Å². The van der Waals surface area contributed by atoms with Gasteiger partial charge < -0.3 is 10.3 Å². The minimum atomic E-state index is -0.351. The van der Waals surface area contributed by atoms with Crippen LogP contribution in [0.1, 0.15) is 50.7 Å². The Bertz CT molecular complexity index is 336. The van der Waals surface area contributed by atoms with Crippen molar-refractivity contribution in [3.05, 3.63) is 11.7 Å². The van der Waals surface area contributed by atoms with E-state index in [2.05, 4.69) is 17.1 Å². The summed E-state index contributed by atoms with van der Waals surface area (Å²) < 4.78 is 5.01. The van der Waals surface area contributed by atoms with E-state index in [0.29, 0.717) is 17.6 Å². The van der Waals surface area contributed by atoms with Crippen molar-refractivity contribution in [2.75, 3.05) is 0 Å². The third-order valence-corrected chi connectivity index (χ3v) is 3.44. The molecule has 2 rings (SSSR count). The Labute approximate surface area is 90.2 Å². The molecule has 4 heteroatoms. The summed E-state index contributed by atoms with van der Waals surface area (Å²) >= 11 is 0. The summed E-state index contributed by atoms with van der Waals surface area (Å²) in [5.41, 5.74) is 6.02. The second-order valence-corrected chi connectivity index (χ2v) is 4.66. The maximum atomic E-state index is 6.37. The lowest BCUT2D eigenvalue weighted by Crippen LogP contribution is -2.42. The molecule has 0 radical (unpaired) electrons. The topological polar surface area (TPSA) is 64.9 Å². The second-order valence-electron chi connectivity index (χ2n) is 4.66. The third kappa shape index (κ3) is 2.04. The fourth-order valence-electron chi connectivity index (χ4n) is 2.48. The molecule has 0 spiro atoms. The van der Waals surface area contributed by atoms with E-state index < -0.39 is 0 Å². The zero-order chi connectivity index (χ0) is 10.9. The van der Waals surface area contributed by atoms with Crippen LogP contribution in [0.25, 0.3) is 0 Å². The first-order valence-electron chi connectivity index (χ1n) is 5.74. The van der Waals surface area contributed by atoms with Crippen LogP contribution in [-0.4, -0.2) is 10.1 Å². The van der Waals surface area contributed by atoms with Crippen LogP contribution in [0, 0.1) is 12.8 Å². The van der Waals surface area contributed by atoms with Crippen LogP contribution >= 0.6 is 0 Å². The van der Waals surface area contributed by atoms with Crippen LogP contribution < -0.4 is 5.73 Å². The normalized spacial score (nSPS) is 31.8. The predicted molar refractivity (Wildman–Crippen MR) is 57.1 cm³/mol. The van der Waals surface area contributed by atoms with Crippen LogP contribution in [0.15, 0.2) is 4.52 Å². The molecule has 0 amide bonds. The third-order valence-electron chi connectivity index (χ3n) is 3.44. The van der Waals surface area contributed by atoms with Crippen molar-refractivity contribution in [1.82, 2.24) is 10.1 Å². The number of aromatic nitrogens is 2. The zero-order valence-corrected chi connectivity index (χ0v) is 9.49. The Morgan fingerprint density at radius 3 is 3.00 bits per heavy atom. The molecule has 1 fully saturated rings. The summed E-state index contributed by atoms with van der Waals surface area (Å²) in [6, 6.07) is 0. The van der Waals surface area contributed by atoms with Gasteiger partial charge in [-0.3, -0.25) is 0 Å². The molecule has 0 aliphatic heterocycles. The first kappa shape index (κ1) is 10.6. The molecule has 15 heavy (non-hydrogen) atoms. The van der Waals surface area contributed by atoms with E-state index in [1.54, 1.807) is 6.92 Å². The molecule has 1 aromatic rings. The SMILES string of the molecule is CCC1CCCC(N)(c2noc(C)n2)C1. The highest BCUT2D eigenvalue weighted by Gasteiger charge is 2.37. The van der Waals surface area contributed by atoms with Gasteiger partial charge in [0.1, 0.15) is 0 Å². The van der Waals surface area contributed by atoms with Crippen molar-refractivity contribution in [3.8, 4) is 0 Å². The van der Waals surface area contributed by atoms with Crippen LogP contribution in [0.3, 0.4) is 0 Å². The van der Waals surface area contributed by atoms with Gasteiger partial charge in [0.25, 0.3) is 0 Å². The molecule has 0 aromatic carbocycles. The standard InChI is InChI=1S/C11H19N3O/c1-3-9-5-4-6-11(12,7-9)10-13-8(2)15-14-10/h9H,3-7,12H2,1-2H3. The first-order chi connectivity index (χ1) is 7.14. The number of nitrogens with two attached hydrogens (primary N) is 1. The summed E-state index contributed by atoms with van der Waals surface area (Å²) in [5, 5.41) is 3.97. The quantitative estimate of drug-likeness (QED) is 0.810. The fraction of sp³-hybridized carbons (Fsp3) is 0.818. The number of aryl methyl sites for hydroxylation is 1. The smallest absolute Gasteiger partial charge is 0.223 e. The number of hydrogen-bond acceptors (Lipinski definition) is 4. The van der Waals surface area contributed by atoms with E-state index in [9.17, 15) is 0 Å². The summed E-state index contributed by atoms with van der Waals surface area (Å²) in [4.78, 5) is 4.27. The van der Waals surface area contributed by atoms with Crippen molar-refractivity contribution in [2.24, 2.45) is 11.7 Å². The highest BCUT2D eigenvalue weighted by molar-refractivity contribution is 5.05. The minimum absolute atomic E-state index is 0.351. The molecule has 1 heterocycles. The Hall–Kier alpha value is -0.900. The van der Waals surface area contributed by atoms with Crippen molar-refractivity contribution < 1.29 is 4.52 Å². The van der Waals surface area contributed by atoms with Crippen LogP contribution in [0.5, 0.6) is 0 Å². The Balaban J connectivity index is 2.18. The molecular formula is C11H19N3O. The van der Waals surface area contributed by atoms with Crippen LogP contribution in [0.2, 0.25) is 0 Å². The highest BCUT2D eigenvalue weighted by atomic mass is 16.5. The molecular weight excluding hydrogens is 190 g/mol. The monoisotopic (exact) mass is 209 g/mol. The van der Waals surface area contributed by atoms with E-state index in [4.69, 9.17) is 10.3 Å². The van der Waals surface area contributed by atoms with Crippen molar-refractivity contribution in [1.29, 1.82) is 0 Å². The Kier molecular flexibility index (Phi) is 2.78. The average molecular weight is 209 g/mol. The summed E-state index contributed by atoms with van der Waals surface area (Å²) in [6.45, 7) is 4.03. The van der Waals surface area contributed by atoms with Crippen LogP contribution in [-0.2, 0) is 5.54 Å². The molecule has 4 nitrogen and oxygen atoms in total. The molecule has 84 valence electrons. The molecule has 2 atom stereocenters. The van der Waals surface area contributed by atoms with E-state index in [0.717, 1.165) is 12.8 Å². The maximum Gasteiger partial charge on any atom is 0.223 e. The van der Waals surface area contributed by atoms with E-state index >= 15 is 0 Å². The van der Waals surface area contributed by atoms with E-state index in [1.807, 2.05) is 0 Å². The number of rotatable bonds is 2. The molecule has 1 aliphatic rings. The highest BCUT2D eigenvalue weighted by Crippen LogP contribution is 2.37. The minimum Gasteiger partial charge on any atom is -0.340 e. The summed E-state index contributed by atoms with van der Waals surface area (Å²) in [6.07, 6.45) is 5.61. The predicted octanol–water partition coefficient (Wildman–Crippen LogP) is 2.13. The molecule has 1 aliphatic carbocycles. The average Bonchev–Trinajstić information content (AvgIpc) is 2.65. The van der Waals surface area contributed by atoms with Gasteiger partial charge in [0.15, 0.2) is 5.82 Å². The first-order valence-corrected chi connectivity index (χ1v) is 5.74. The summed E-state index contributed by atoms with van der Waals surface area (Å²) in [5.74, 6) is 2.01. The van der Waals surface area contributed by atoms with Gasteiger partial charge in [-0.1, -0.05) is 31.3 Å². The molecule has 2 unspecified atom stereocenters. The lowest BCUT2D eigenvalue weighted by Gasteiger charge is -2.35. The van der Waals surface area contributed by atoms with E-state index in [-0.39, 0.29) is 5.54 Å². The molecule has 1 saturated carbocycles. The molecule has 0 saturated heterocycles. The Morgan fingerprint density at radius 2 is 2.40 bits per heavy atom. The van der Waals surface area contributed by atoms with Gasteiger partial charge in [-0.15, -0.1) is 0 Å². The van der Waals surface area contributed by atoms with Gasteiger partial charge in [-0.25, -0.2) is 0 Å². The largest absolute Gasteiger partial charge is 0.340 e. The maximum absolute atomic E-state index is 6.37. The Morgan fingerprint density at radius 1 is 1.60 bits per heavy atom. The van der Waals surface area contributed by atoms with Crippen LogP contribution in [0.4, 0.5) is 0 Å². The van der Waals surface area contributed by atoms with Gasteiger partial charge in [-0.05, 0) is 18.8 Å². The zero-order valence-electron chi connectivity index (χ0n) is 9.49. The van der Waals surface area contributed by atoms with Gasteiger partial charge >= 0.3 is 0 Å². The van der Waals surface area contributed by atoms with Crippen molar-refractivity contribution in [3.63, 3.8) is 0 Å². The van der Waals surface area contributed by atoms with E-state index in [1.165, 1.54) is 19.3 Å². The lowest BCUT2D eigenvalue weighted by molar-refractivity contribution is 0.206. The number of nitrogens with zero attached hydrogens (tertiary/aromatic N) is 2.